The van der Waals surface area contributed by atoms with Gasteiger partial charge in [0.15, 0.2) is 0 Å². The van der Waals surface area contributed by atoms with Gasteiger partial charge >= 0.3 is 0 Å². The predicted molar refractivity (Wildman–Crippen MR) is 77.4 cm³/mol. The SMILES string of the molecule is CN(CC1CCCCC1O)C(=O)Cc1ccc(O)cc1. The maximum absolute atomic E-state index is 12.2. The first-order chi connectivity index (χ1) is 9.56. The van der Waals surface area contributed by atoms with Crippen LogP contribution in [-0.2, 0) is 11.2 Å². The molecule has 110 valence electrons. The van der Waals surface area contributed by atoms with Crippen LogP contribution in [0.3, 0.4) is 0 Å². The van der Waals surface area contributed by atoms with Crippen LogP contribution < -0.4 is 0 Å². The Morgan fingerprint density at radius 1 is 1.25 bits per heavy atom. The fourth-order valence-corrected chi connectivity index (χ4v) is 2.78. The van der Waals surface area contributed by atoms with Gasteiger partial charge in [0.1, 0.15) is 5.75 Å². The highest BCUT2D eigenvalue weighted by molar-refractivity contribution is 5.78. The van der Waals surface area contributed by atoms with Crippen LogP contribution in [0.5, 0.6) is 5.75 Å². The standard InChI is InChI=1S/C16H23NO3/c1-17(11-13-4-2-3-5-15(13)19)16(20)10-12-6-8-14(18)9-7-12/h6-9,13,15,18-19H,2-5,10-11H2,1H3. The smallest absolute Gasteiger partial charge is 0.226 e. The van der Waals surface area contributed by atoms with Gasteiger partial charge in [0.2, 0.25) is 5.91 Å². The van der Waals surface area contributed by atoms with E-state index in [1.165, 1.54) is 0 Å². The highest BCUT2D eigenvalue weighted by atomic mass is 16.3. The van der Waals surface area contributed by atoms with E-state index in [-0.39, 0.29) is 23.7 Å². The molecule has 2 rings (SSSR count). The molecule has 4 nitrogen and oxygen atoms in total. The zero-order valence-corrected chi connectivity index (χ0v) is 12.0. The Morgan fingerprint density at radius 3 is 2.55 bits per heavy atom. The lowest BCUT2D eigenvalue weighted by Gasteiger charge is -2.31. The van der Waals surface area contributed by atoms with Gasteiger partial charge in [0.25, 0.3) is 0 Å². The van der Waals surface area contributed by atoms with Crippen LogP contribution in [0.15, 0.2) is 24.3 Å². The molecule has 0 aromatic heterocycles. The second kappa shape index (κ2) is 6.75. The molecule has 0 radical (unpaired) electrons. The molecule has 1 aromatic carbocycles. The summed E-state index contributed by atoms with van der Waals surface area (Å²) in [6, 6.07) is 6.70. The third kappa shape index (κ3) is 3.97. The normalized spacial score (nSPS) is 22.5. The number of likely N-dealkylation sites (N-methyl/N-ethyl adjacent to an activating group) is 1. The van der Waals surface area contributed by atoms with Gasteiger partial charge in [-0.25, -0.2) is 0 Å². The molecule has 1 fully saturated rings. The summed E-state index contributed by atoms with van der Waals surface area (Å²) in [7, 11) is 1.80. The summed E-state index contributed by atoms with van der Waals surface area (Å²) < 4.78 is 0. The van der Waals surface area contributed by atoms with E-state index in [2.05, 4.69) is 0 Å². The van der Waals surface area contributed by atoms with Crippen molar-refractivity contribution in [3.05, 3.63) is 29.8 Å². The number of phenols is 1. The van der Waals surface area contributed by atoms with Gasteiger partial charge in [-0.05, 0) is 30.5 Å². The van der Waals surface area contributed by atoms with E-state index in [9.17, 15) is 15.0 Å². The molecule has 4 heteroatoms. The second-order valence-electron chi connectivity index (χ2n) is 5.73. The number of carbonyl (C=O) groups is 1. The Morgan fingerprint density at radius 2 is 1.90 bits per heavy atom. The van der Waals surface area contributed by atoms with E-state index >= 15 is 0 Å². The van der Waals surface area contributed by atoms with Crippen molar-refractivity contribution in [2.75, 3.05) is 13.6 Å². The van der Waals surface area contributed by atoms with Crippen molar-refractivity contribution in [3.8, 4) is 5.75 Å². The maximum atomic E-state index is 12.2. The number of amides is 1. The first-order valence-electron chi connectivity index (χ1n) is 7.26. The van der Waals surface area contributed by atoms with Gasteiger partial charge in [0, 0.05) is 19.5 Å². The molecule has 2 unspecified atom stereocenters. The van der Waals surface area contributed by atoms with Crippen LogP contribution in [0, 0.1) is 5.92 Å². The van der Waals surface area contributed by atoms with E-state index < -0.39 is 0 Å². The van der Waals surface area contributed by atoms with Gasteiger partial charge in [0.05, 0.1) is 12.5 Å². The van der Waals surface area contributed by atoms with E-state index in [1.54, 1.807) is 36.2 Å². The first kappa shape index (κ1) is 14.9. The number of aliphatic hydroxyl groups is 1. The van der Waals surface area contributed by atoms with Crippen LogP contribution in [0.2, 0.25) is 0 Å². The molecule has 1 saturated carbocycles. The maximum Gasteiger partial charge on any atom is 0.226 e. The fourth-order valence-electron chi connectivity index (χ4n) is 2.78. The first-order valence-corrected chi connectivity index (χ1v) is 7.26. The minimum atomic E-state index is -0.271. The molecule has 0 bridgehead atoms. The van der Waals surface area contributed by atoms with Gasteiger partial charge in [-0.3, -0.25) is 4.79 Å². The topological polar surface area (TPSA) is 60.8 Å². The summed E-state index contributed by atoms with van der Waals surface area (Å²) in [5, 5.41) is 19.2. The average Bonchev–Trinajstić information content (AvgIpc) is 2.44. The van der Waals surface area contributed by atoms with Gasteiger partial charge in [-0.15, -0.1) is 0 Å². The summed E-state index contributed by atoms with van der Waals surface area (Å²) in [6.45, 7) is 0.623. The summed E-state index contributed by atoms with van der Waals surface area (Å²) in [6.07, 6.45) is 4.14. The molecule has 0 saturated heterocycles. The molecule has 1 aromatic rings. The Hall–Kier alpha value is -1.55. The molecule has 0 spiro atoms. The van der Waals surface area contributed by atoms with Gasteiger partial charge in [-0.1, -0.05) is 25.0 Å². The molecule has 2 atom stereocenters. The summed E-state index contributed by atoms with van der Waals surface area (Å²) in [5.41, 5.74) is 0.892. The molecule has 20 heavy (non-hydrogen) atoms. The van der Waals surface area contributed by atoms with Crippen LogP contribution in [0.1, 0.15) is 31.2 Å². The van der Waals surface area contributed by atoms with Crippen molar-refractivity contribution < 1.29 is 15.0 Å². The highest BCUT2D eigenvalue weighted by Crippen LogP contribution is 2.25. The second-order valence-corrected chi connectivity index (χ2v) is 5.73. The number of carbonyl (C=O) groups excluding carboxylic acids is 1. The zero-order chi connectivity index (χ0) is 14.5. The Labute approximate surface area is 120 Å². The number of hydrogen-bond donors (Lipinski definition) is 2. The lowest BCUT2D eigenvalue weighted by atomic mass is 9.86. The zero-order valence-electron chi connectivity index (χ0n) is 12.0. The Kier molecular flexibility index (Phi) is 5.01. The number of aromatic hydroxyl groups is 1. The van der Waals surface area contributed by atoms with Crippen molar-refractivity contribution in [2.45, 2.75) is 38.2 Å². The van der Waals surface area contributed by atoms with Crippen molar-refractivity contribution in [1.82, 2.24) is 4.90 Å². The lowest BCUT2D eigenvalue weighted by Crippen LogP contribution is -2.38. The molecule has 0 heterocycles. The number of hydrogen-bond acceptors (Lipinski definition) is 3. The molecule has 1 aliphatic carbocycles. The summed E-state index contributed by atoms with van der Waals surface area (Å²) in [5.74, 6) is 0.464. The van der Waals surface area contributed by atoms with E-state index in [1.807, 2.05) is 0 Å². The van der Waals surface area contributed by atoms with Crippen molar-refractivity contribution in [1.29, 1.82) is 0 Å². The molecule has 0 aliphatic heterocycles. The van der Waals surface area contributed by atoms with Crippen LogP contribution >= 0.6 is 0 Å². The quantitative estimate of drug-likeness (QED) is 0.884. The lowest BCUT2D eigenvalue weighted by molar-refractivity contribution is -0.130. The molecular weight excluding hydrogens is 254 g/mol. The van der Waals surface area contributed by atoms with E-state index in [4.69, 9.17) is 0 Å². The molecular formula is C16H23NO3. The third-order valence-electron chi connectivity index (χ3n) is 4.09. The van der Waals surface area contributed by atoms with Gasteiger partial charge < -0.3 is 15.1 Å². The minimum Gasteiger partial charge on any atom is -0.508 e. The number of aliphatic hydroxyl groups excluding tert-OH is 1. The minimum absolute atomic E-state index is 0.0495. The molecule has 1 aliphatic rings. The Bertz CT molecular complexity index is 444. The van der Waals surface area contributed by atoms with Crippen LogP contribution in [0.4, 0.5) is 0 Å². The summed E-state index contributed by atoms with van der Waals surface area (Å²) >= 11 is 0. The van der Waals surface area contributed by atoms with Crippen molar-refractivity contribution in [2.24, 2.45) is 5.92 Å². The van der Waals surface area contributed by atoms with Crippen LogP contribution in [-0.4, -0.2) is 40.7 Å². The summed E-state index contributed by atoms with van der Waals surface area (Å²) in [4.78, 5) is 13.9. The number of nitrogens with zero attached hydrogens (tertiary/aromatic N) is 1. The van der Waals surface area contributed by atoms with Crippen LogP contribution in [0.25, 0.3) is 0 Å². The van der Waals surface area contributed by atoms with E-state index in [0.29, 0.717) is 13.0 Å². The third-order valence-corrected chi connectivity index (χ3v) is 4.09. The Balaban J connectivity index is 1.86. The highest BCUT2D eigenvalue weighted by Gasteiger charge is 2.25. The number of rotatable bonds is 4. The molecule has 1 amide bonds. The van der Waals surface area contributed by atoms with Crippen molar-refractivity contribution >= 4 is 5.91 Å². The largest absolute Gasteiger partial charge is 0.508 e. The van der Waals surface area contributed by atoms with E-state index in [0.717, 1.165) is 31.2 Å². The fraction of sp³-hybridized carbons (Fsp3) is 0.562. The molecule has 2 N–H and O–H groups in total. The average molecular weight is 277 g/mol. The van der Waals surface area contributed by atoms with Gasteiger partial charge in [-0.2, -0.15) is 0 Å². The predicted octanol–water partition coefficient (Wildman–Crippen LogP) is 1.94. The monoisotopic (exact) mass is 277 g/mol. The van der Waals surface area contributed by atoms with Crippen molar-refractivity contribution in [3.63, 3.8) is 0 Å². The number of phenolic OH excluding ortho intramolecular Hbond substituents is 1. The number of benzene rings is 1.